The lowest BCUT2D eigenvalue weighted by Crippen LogP contribution is -2.21. The summed E-state index contributed by atoms with van der Waals surface area (Å²) in [4.78, 5) is 0. The first kappa shape index (κ1) is 19.7. The van der Waals surface area contributed by atoms with E-state index in [0.717, 1.165) is 29.9 Å². The summed E-state index contributed by atoms with van der Waals surface area (Å²) in [5.41, 5.74) is 1.14. The molecule has 0 aliphatic rings. The third-order valence-corrected chi connectivity index (χ3v) is 9.27. The van der Waals surface area contributed by atoms with E-state index in [1.807, 2.05) is 60.7 Å². The maximum Gasteiger partial charge on any atom is 0.150 e. The first-order chi connectivity index (χ1) is 14.2. The molecule has 0 spiro atoms. The van der Waals surface area contributed by atoms with Crippen LogP contribution in [-0.4, -0.2) is 0 Å². The molecule has 4 aromatic rings. The summed E-state index contributed by atoms with van der Waals surface area (Å²) in [6.07, 6.45) is 3.06. The molecule has 0 N–H and O–H groups in total. The second-order valence-electron chi connectivity index (χ2n) is 7.59. The molecule has 0 radical (unpaired) electrons. The van der Waals surface area contributed by atoms with Crippen LogP contribution in [0.1, 0.15) is 37.4 Å². The van der Waals surface area contributed by atoms with Crippen molar-refractivity contribution in [2.75, 3.05) is 0 Å². The van der Waals surface area contributed by atoms with Gasteiger partial charge in [0.25, 0.3) is 0 Å². The molecule has 146 valence electrons. The Morgan fingerprint density at radius 2 is 1.24 bits per heavy atom. The first-order valence-corrected chi connectivity index (χ1v) is 12.2. The van der Waals surface area contributed by atoms with E-state index in [1.165, 1.54) is 16.3 Å². The van der Waals surface area contributed by atoms with Gasteiger partial charge in [-0.15, -0.1) is 0 Å². The van der Waals surface area contributed by atoms with Crippen LogP contribution in [0.25, 0.3) is 10.8 Å². The molecule has 0 amide bonds. The van der Waals surface area contributed by atoms with Crippen LogP contribution < -0.4 is 10.6 Å². The number of fused-ring (bicyclic) bond motifs is 1. The highest BCUT2D eigenvalue weighted by molar-refractivity contribution is 7.79. The van der Waals surface area contributed by atoms with E-state index in [1.54, 1.807) is 0 Å². The maximum atomic E-state index is 15.0. The molecule has 0 saturated heterocycles. The van der Waals surface area contributed by atoms with Crippen LogP contribution in [0.4, 0.5) is 0 Å². The Bertz CT molecular complexity index is 1080. The minimum absolute atomic E-state index is 0.0307. The maximum absolute atomic E-state index is 15.0. The molecule has 2 heteroatoms. The molecule has 29 heavy (non-hydrogen) atoms. The Balaban J connectivity index is 1.93. The Kier molecular flexibility index (Phi) is 5.97. The van der Waals surface area contributed by atoms with E-state index in [-0.39, 0.29) is 5.66 Å². The van der Waals surface area contributed by atoms with Gasteiger partial charge >= 0.3 is 0 Å². The molecule has 4 rings (SSSR count). The first-order valence-electron chi connectivity index (χ1n) is 10.4. The summed E-state index contributed by atoms with van der Waals surface area (Å²) in [5, 5.41) is 4.32. The van der Waals surface area contributed by atoms with Crippen LogP contribution in [0.15, 0.2) is 103 Å². The average Bonchev–Trinajstić information content (AvgIpc) is 2.80. The molecule has 0 unspecified atom stereocenters. The second kappa shape index (κ2) is 8.80. The molecular weight excluding hydrogens is 371 g/mol. The minimum atomic E-state index is -2.86. The third-order valence-electron chi connectivity index (χ3n) is 5.71. The molecule has 0 heterocycles. The predicted molar refractivity (Wildman–Crippen MR) is 126 cm³/mol. The van der Waals surface area contributed by atoms with Crippen molar-refractivity contribution in [2.45, 2.75) is 31.8 Å². The highest BCUT2D eigenvalue weighted by Gasteiger charge is 2.37. The average molecular weight is 398 g/mol. The van der Waals surface area contributed by atoms with Crippen LogP contribution in [0.5, 0.6) is 0 Å². The summed E-state index contributed by atoms with van der Waals surface area (Å²) < 4.78 is 15.0. The fraction of sp³-hybridized carbons (Fsp3) is 0.185. The quantitative estimate of drug-likeness (QED) is 0.304. The fourth-order valence-electron chi connectivity index (χ4n) is 4.18. The molecule has 1 nitrogen and oxygen atoms in total. The number of benzene rings is 4. The lowest BCUT2D eigenvalue weighted by Gasteiger charge is -2.29. The largest absolute Gasteiger partial charge is 0.313 e. The summed E-state index contributed by atoms with van der Waals surface area (Å²) in [6, 6.07) is 35.2. The van der Waals surface area contributed by atoms with Gasteiger partial charge in [0.05, 0.1) is 0 Å². The van der Waals surface area contributed by atoms with Gasteiger partial charge in [0.2, 0.25) is 0 Å². The Morgan fingerprint density at radius 1 is 0.690 bits per heavy atom. The lowest BCUT2D eigenvalue weighted by atomic mass is 10.0. The standard InChI is InChI=1S/C27H27OP/c1-2-3-18-27(24-20-19-22-12-10-11-13-23(22)21-24)29(28,25-14-6-4-7-15-25)26-16-8-5-9-17-26/h4-17,19-21,27H,2-3,18H2,1H3/t27-/m1/s1. The molecule has 4 aromatic carbocycles. The molecule has 0 saturated carbocycles. The fourth-order valence-corrected chi connectivity index (χ4v) is 7.55. The van der Waals surface area contributed by atoms with Gasteiger partial charge in [0.1, 0.15) is 7.14 Å². The zero-order valence-electron chi connectivity index (χ0n) is 16.9. The van der Waals surface area contributed by atoms with Crippen molar-refractivity contribution in [3.05, 3.63) is 109 Å². The molecule has 0 bridgehead atoms. The van der Waals surface area contributed by atoms with Crippen LogP contribution in [0.3, 0.4) is 0 Å². The highest BCUT2D eigenvalue weighted by Crippen LogP contribution is 2.59. The van der Waals surface area contributed by atoms with Crippen molar-refractivity contribution in [1.82, 2.24) is 0 Å². The molecule has 0 aliphatic heterocycles. The van der Waals surface area contributed by atoms with E-state index in [4.69, 9.17) is 0 Å². The van der Waals surface area contributed by atoms with Gasteiger partial charge in [-0.25, -0.2) is 0 Å². The number of rotatable bonds is 7. The second-order valence-corrected chi connectivity index (χ2v) is 10.6. The zero-order chi connectivity index (χ0) is 20.1. The monoisotopic (exact) mass is 398 g/mol. The van der Waals surface area contributed by atoms with Gasteiger partial charge in [-0.05, 0) is 22.8 Å². The van der Waals surface area contributed by atoms with E-state index in [0.29, 0.717) is 0 Å². The smallest absolute Gasteiger partial charge is 0.150 e. The van der Waals surface area contributed by atoms with Gasteiger partial charge in [0, 0.05) is 16.3 Å². The van der Waals surface area contributed by atoms with Crippen molar-refractivity contribution < 1.29 is 4.57 Å². The van der Waals surface area contributed by atoms with E-state index >= 15 is 0 Å². The van der Waals surface area contributed by atoms with Crippen LogP contribution >= 0.6 is 7.14 Å². The molecule has 1 atom stereocenters. The summed E-state index contributed by atoms with van der Waals surface area (Å²) in [7, 11) is -2.86. The number of unbranched alkanes of at least 4 members (excludes halogenated alkanes) is 1. The molecule has 0 aliphatic carbocycles. The van der Waals surface area contributed by atoms with E-state index in [2.05, 4.69) is 49.4 Å². The molecule has 0 aromatic heterocycles. The topological polar surface area (TPSA) is 17.1 Å². The van der Waals surface area contributed by atoms with Crippen molar-refractivity contribution in [3.8, 4) is 0 Å². The van der Waals surface area contributed by atoms with Gasteiger partial charge in [-0.1, -0.05) is 123 Å². The third kappa shape index (κ3) is 3.93. The van der Waals surface area contributed by atoms with Crippen molar-refractivity contribution in [2.24, 2.45) is 0 Å². The van der Waals surface area contributed by atoms with Crippen LogP contribution in [0.2, 0.25) is 0 Å². The summed E-state index contributed by atoms with van der Waals surface area (Å²) in [5.74, 6) is 0. The van der Waals surface area contributed by atoms with Crippen molar-refractivity contribution in [1.29, 1.82) is 0 Å². The highest BCUT2D eigenvalue weighted by atomic mass is 31.2. The van der Waals surface area contributed by atoms with Crippen LogP contribution in [-0.2, 0) is 4.57 Å². The Labute approximate surface area is 173 Å². The van der Waals surface area contributed by atoms with Gasteiger partial charge in [0.15, 0.2) is 0 Å². The molecule has 0 fully saturated rings. The lowest BCUT2D eigenvalue weighted by molar-refractivity contribution is 0.569. The molecular formula is C27H27OP. The number of hydrogen-bond donors (Lipinski definition) is 0. The summed E-state index contributed by atoms with van der Waals surface area (Å²) in [6.45, 7) is 2.20. The zero-order valence-corrected chi connectivity index (χ0v) is 17.8. The van der Waals surface area contributed by atoms with Gasteiger partial charge < -0.3 is 4.57 Å². The van der Waals surface area contributed by atoms with E-state index < -0.39 is 7.14 Å². The van der Waals surface area contributed by atoms with E-state index in [9.17, 15) is 4.57 Å². The SMILES string of the molecule is CCCC[C@H](c1ccc2ccccc2c1)P(=O)(c1ccccc1)c1ccccc1. The van der Waals surface area contributed by atoms with Gasteiger partial charge in [-0.3, -0.25) is 0 Å². The Hall–Kier alpha value is -2.63. The normalized spacial score (nSPS) is 12.7. The minimum Gasteiger partial charge on any atom is -0.313 e. The van der Waals surface area contributed by atoms with Gasteiger partial charge in [-0.2, -0.15) is 0 Å². The number of hydrogen-bond acceptors (Lipinski definition) is 1. The Morgan fingerprint density at radius 3 is 1.83 bits per heavy atom. The predicted octanol–water partition coefficient (Wildman–Crippen LogP) is 7.09. The van der Waals surface area contributed by atoms with Crippen molar-refractivity contribution in [3.63, 3.8) is 0 Å². The van der Waals surface area contributed by atoms with Crippen molar-refractivity contribution >= 4 is 28.5 Å². The van der Waals surface area contributed by atoms with Crippen LogP contribution in [0, 0.1) is 0 Å². The summed E-state index contributed by atoms with van der Waals surface area (Å²) >= 11 is 0.